The quantitative estimate of drug-likeness (QED) is 0.832. The summed E-state index contributed by atoms with van der Waals surface area (Å²) in [7, 11) is -3.58. The van der Waals surface area contributed by atoms with Crippen molar-refractivity contribution in [2.75, 3.05) is 13.2 Å². The Bertz CT molecular complexity index is 560. The van der Waals surface area contributed by atoms with E-state index in [2.05, 4.69) is 4.98 Å². The number of aromatic nitrogens is 1. The van der Waals surface area contributed by atoms with Gasteiger partial charge in [-0.05, 0) is 19.9 Å². The highest BCUT2D eigenvalue weighted by Gasteiger charge is 2.34. The van der Waals surface area contributed by atoms with Gasteiger partial charge in [-0.3, -0.25) is 4.79 Å². The summed E-state index contributed by atoms with van der Waals surface area (Å²) in [6.45, 7) is 4.34. The first-order chi connectivity index (χ1) is 8.41. The van der Waals surface area contributed by atoms with E-state index < -0.39 is 10.0 Å². The predicted octanol–water partition coefficient (Wildman–Crippen LogP) is 0.173. The van der Waals surface area contributed by atoms with Crippen LogP contribution in [0.25, 0.3) is 0 Å². The number of ether oxygens (including phenoxy) is 1. The molecule has 0 aromatic carbocycles. The minimum Gasteiger partial charge on any atom is -0.375 e. The SMILES string of the molecule is CC1CN(S(=O)(=O)c2ccc(=O)[nH]c2)C(C)CO1. The molecule has 7 heteroatoms. The first kappa shape index (κ1) is 13.3. The van der Waals surface area contributed by atoms with E-state index in [9.17, 15) is 13.2 Å². The van der Waals surface area contributed by atoms with E-state index in [-0.39, 0.29) is 22.6 Å². The maximum atomic E-state index is 12.4. The summed E-state index contributed by atoms with van der Waals surface area (Å²) in [5.74, 6) is 0. The molecule has 0 aliphatic carbocycles. The molecule has 1 aromatic rings. The van der Waals surface area contributed by atoms with Crippen molar-refractivity contribution in [3.8, 4) is 0 Å². The second-order valence-electron chi connectivity index (χ2n) is 4.46. The van der Waals surface area contributed by atoms with Crippen LogP contribution in [0.3, 0.4) is 0 Å². The summed E-state index contributed by atoms with van der Waals surface area (Å²) < 4.78 is 31.6. The molecule has 2 unspecified atom stereocenters. The van der Waals surface area contributed by atoms with Crippen LogP contribution in [0.4, 0.5) is 0 Å². The molecule has 0 saturated carbocycles. The van der Waals surface area contributed by atoms with Gasteiger partial charge in [0.2, 0.25) is 15.6 Å². The van der Waals surface area contributed by atoms with E-state index in [4.69, 9.17) is 4.74 Å². The van der Waals surface area contributed by atoms with Crippen molar-refractivity contribution in [1.29, 1.82) is 0 Å². The molecule has 0 spiro atoms. The minimum atomic E-state index is -3.58. The maximum Gasteiger partial charge on any atom is 0.247 e. The normalized spacial score (nSPS) is 26.1. The first-order valence-electron chi connectivity index (χ1n) is 5.73. The Hall–Kier alpha value is -1.18. The van der Waals surface area contributed by atoms with Gasteiger partial charge in [0.25, 0.3) is 0 Å². The number of hydrogen-bond donors (Lipinski definition) is 1. The van der Waals surface area contributed by atoms with Crippen LogP contribution in [0, 0.1) is 0 Å². The third-order valence-electron chi connectivity index (χ3n) is 2.91. The summed E-state index contributed by atoms with van der Waals surface area (Å²) in [5, 5.41) is 0. The highest BCUT2D eigenvalue weighted by Crippen LogP contribution is 2.21. The van der Waals surface area contributed by atoms with Crippen LogP contribution < -0.4 is 5.56 Å². The van der Waals surface area contributed by atoms with Crippen molar-refractivity contribution in [2.45, 2.75) is 30.9 Å². The molecule has 2 atom stereocenters. The molecule has 1 saturated heterocycles. The zero-order chi connectivity index (χ0) is 13.3. The van der Waals surface area contributed by atoms with Gasteiger partial charge in [0, 0.05) is 24.8 Å². The van der Waals surface area contributed by atoms with Gasteiger partial charge in [-0.25, -0.2) is 8.42 Å². The predicted molar refractivity (Wildman–Crippen MR) is 65.8 cm³/mol. The number of aromatic amines is 1. The lowest BCUT2D eigenvalue weighted by Gasteiger charge is -2.35. The van der Waals surface area contributed by atoms with Crippen molar-refractivity contribution in [2.24, 2.45) is 0 Å². The van der Waals surface area contributed by atoms with Crippen molar-refractivity contribution in [3.63, 3.8) is 0 Å². The zero-order valence-electron chi connectivity index (χ0n) is 10.3. The van der Waals surface area contributed by atoms with Crippen LogP contribution in [0.15, 0.2) is 28.0 Å². The Balaban J connectivity index is 2.35. The van der Waals surface area contributed by atoms with Gasteiger partial charge in [-0.1, -0.05) is 0 Å². The Morgan fingerprint density at radius 2 is 2.11 bits per heavy atom. The van der Waals surface area contributed by atoms with E-state index in [1.54, 1.807) is 6.92 Å². The van der Waals surface area contributed by atoms with E-state index in [1.165, 1.54) is 22.6 Å². The van der Waals surface area contributed by atoms with E-state index in [0.717, 1.165) is 0 Å². The number of pyridine rings is 1. The fourth-order valence-electron chi connectivity index (χ4n) is 1.90. The monoisotopic (exact) mass is 272 g/mol. The van der Waals surface area contributed by atoms with Crippen molar-refractivity contribution in [3.05, 3.63) is 28.7 Å². The van der Waals surface area contributed by atoms with Crippen LogP contribution >= 0.6 is 0 Å². The molecule has 1 N–H and O–H groups in total. The number of rotatable bonds is 2. The standard InChI is InChI=1S/C11H16N2O4S/c1-8-7-17-9(2)6-13(8)18(15,16)10-3-4-11(14)12-5-10/h3-5,8-9H,6-7H2,1-2H3,(H,12,14). The van der Waals surface area contributed by atoms with Gasteiger partial charge >= 0.3 is 0 Å². The Morgan fingerprint density at radius 1 is 1.39 bits per heavy atom. The number of morpholine rings is 1. The van der Waals surface area contributed by atoms with E-state index >= 15 is 0 Å². The molecule has 0 bridgehead atoms. The van der Waals surface area contributed by atoms with Gasteiger partial charge in [0.1, 0.15) is 0 Å². The highest BCUT2D eigenvalue weighted by atomic mass is 32.2. The molecule has 0 radical (unpaired) electrons. The first-order valence-corrected chi connectivity index (χ1v) is 7.17. The number of nitrogens with zero attached hydrogens (tertiary/aromatic N) is 1. The van der Waals surface area contributed by atoms with Gasteiger partial charge < -0.3 is 9.72 Å². The topological polar surface area (TPSA) is 79.5 Å². The number of hydrogen-bond acceptors (Lipinski definition) is 4. The summed E-state index contributed by atoms with van der Waals surface area (Å²) in [4.78, 5) is 13.4. The molecule has 1 aliphatic heterocycles. The summed E-state index contributed by atoms with van der Waals surface area (Å²) in [6, 6.07) is 2.32. The largest absolute Gasteiger partial charge is 0.375 e. The number of H-pyrrole nitrogens is 1. The average molecular weight is 272 g/mol. The van der Waals surface area contributed by atoms with Crippen LogP contribution in [-0.2, 0) is 14.8 Å². The van der Waals surface area contributed by atoms with Crippen LogP contribution in [-0.4, -0.2) is 43.0 Å². The lowest BCUT2D eigenvalue weighted by atomic mass is 10.2. The van der Waals surface area contributed by atoms with E-state index in [1.807, 2.05) is 6.92 Å². The molecular weight excluding hydrogens is 256 g/mol. The second kappa shape index (κ2) is 4.83. The molecule has 1 aliphatic rings. The van der Waals surface area contributed by atoms with Crippen molar-refractivity contribution >= 4 is 10.0 Å². The fraction of sp³-hybridized carbons (Fsp3) is 0.545. The third kappa shape index (κ3) is 2.47. The van der Waals surface area contributed by atoms with Crippen molar-refractivity contribution < 1.29 is 13.2 Å². The lowest BCUT2D eigenvalue weighted by Crippen LogP contribution is -2.50. The van der Waals surface area contributed by atoms with Gasteiger partial charge in [-0.15, -0.1) is 0 Å². The molecule has 1 fully saturated rings. The minimum absolute atomic E-state index is 0.100. The van der Waals surface area contributed by atoms with Crippen LogP contribution in [0.5, 0.6) is 0 Å². The van der Waals surface area contributed by atoms with Crippen LogP contribution in [0.2, 0.25) is 0 Å². The summed E-state index contributed by atoms with van der Waals surface area (Å²) >= 11 is 0. The van der Waals surface area contributed by atoms with Crippen LogP contribution in [0.1, 0.15) is 13.8 Å². The molecule has 0 amide bonds. The Morgan fingerprint density at radius 3 is 2.72 bits per heavy atom. The number of nitrogens with one attached hydrogen (secondary N) is 1. The number of sulfonamides is 1. The molecular formula is C11H16N2O4S. The molecule has 2 rings (SSSR count). The van der Waals surface area contributed by atoms with Gasteiger partial charge in [0.15, 0.2) is 0 Å². The molecule has 2 heterocycles. The zero-order valence-corrected chi connectivity index (χ0v) is 11.1. The third-order valence-corrected chi connectivity index (χ3v) is 4.89. The summed E-state index contributed by atoms with van der Waals surface area (Å²) in [6.07, 6.45) is 1.10. The summed E-state index contributed by atoms with van der Waals surface area (Å²) in [5.41, 5.74) is -0.322. The average Bonchev–Trinajstić information content (AvgIpc) is 2.32. The Kier molecular flexibility index (Phi) is 3.56. The molecule has 6 nitrogen and oxygen atoms in total. The van der Waals surface area contributed by atoms with Crippen molar-refractivity contribution in [1.82, 2.24) is 9.29 Å². The van der Waals surface area contributed by atoms with E-state index in [0.29, 0.717) is 13.2 Å². The maximum absolute atomic E-state index is 12.4. The van der Waals surface area contributed by atoms with Gasteiger partial charge in [0.05, 0.1) is 17.6 Å². The second-order valence-corrected chi connectivity index (χ2v) is 6.35. The molecule has 18 heavy (non-hydrogen) atoms. The molecule has 100 valence electrons. The highest BCUT2D eigenvalue weighted by molar-refractivity contribution is 7.89. The Labute approximate surface area is 106 Å². The lowest BCUT2D eigenvalue weighted by molar-refractivity contribution is -0.0170. The molecule has 1 aromatic heterocycles. The smallest absolute Gasteiger partial charge is 0.247 e. The van der Waals surface area contributed by atoms with Gasteiger partial charge in [-0.2, -0.15) is 4.31 Å². The fourth-order valence-corrected chi connectivity index (χ4v) is 3.56.